The van der Waals surface area contributed by atoms with Crippen molar-refractivity contribution in [2.75, 3.05) is 13.2 Å². The van der Waals surface area contributed by atoms with Crippen LogP contribution < -0.4 is 0 Å². The third-order valence-electron chi connectivity index (χ3n) is 0.732. The Morgan fingerprint density at radius 3 is 2.80 bits per heavy atom. The van der Waals surface area contributed by atoms with Gasteiger partial charge in [-0.15, -0.1) is 0 Å². The minimum Gasteiger partial charge on any atom is -0.460 e. The predicted octanol–water partition coefficient (Wildman–Crippen LogP) is 0.206. The summed E-state index contributed by atoms with van der Waals surface area (Å²) in [5.74, 6) is -0.341. The summed E-state index contributed by atoms with van der Waals surface area (Å²) in [7, 11) is 2.77. The highest BCUT2D eigenvalue weighted by Crippen LogP contribution is 1.80. The number of allylic oxidation sites excluding steroid dienone is 1. The molecule has 0 aliphatic heterocycles. The van der Waals surface area contributed by atoms with E-state index in [1.165, 1.54) is 6.08 Å². The molecule has 0 rings (SSSR count). The molecule has 0 N–H and O–H groups in total. The SMILES string of the molecule is CC=CC(=O)OCCO[Si]. The van der Waals surface area contributed by atoms with Gasteiger partial charge >= 0.3 is 5.97 Å². The van der Waals surface area contributed by atoms with Crippen molar-refractivity contribution in [1.82, 2.24) is 0 Å². The molecule has 0 heterocycles. The molecule has 0 bridgehead atoms. The van der Waals surface area contributed by atoms with Gasteiger partial charge in [-0.05, 0) is 6.92 Å². The first-order valence-electron chi connectivity index (χ1n) is 2.89. The molecular weight excluding hydrogens is 148 g/mol. The van der Waals surface area contributed by atoms with Crippen LogP contribution in [0.2, 0.25) is 0 Å². The number of ether oxygens (including phenoxy) is 1. The number of carbonyl (C=O) groups excluding carboxylic acids is 1. The van der Waals surface area contributed by atoms with E-state index in [0.717, 1.165) is 0 Å². The van der Waals surface area contributed by atoms with Crippen molar-refractivity contribution in [3.8, 4) is 0 Å². The smallest absolute Gasteiger partial charge is 0.330 e. The molecule has 0 fully saturated rings. The van der Waals surface area contributed by atoms with Gasteiger partial charge in [-0.2, -0.15) is 0 Å². The van der Waals surface area contributed by atoms with Gasteiger partial charge < -0.3 is 9.16 Å². The molecule has 0 aromatic rings. The fourth-order valence-corrected chi connectivity index (χ4v) is 0.451. The maximum Gasteiger partial charge on any atom is 0.330 e. The Morgan fingerprint density at radius 1 is 1.60 bits per heavy atom. The zero-order valence-corrected chi connectivity index (χ0v) is 6.79. The van der Waals surface area contributed by atoms with E-state index in [1.807, 2.05) is 0 Å². The van der Waals surface area contributed by atoms with Crippen LogP contribution in [0.25, 0.3) is 0 Å². The Morgan fingerprint density at radius 2 is 2.30 bits per heavy atom. The van der Waals surface area contributed by atoms with Crippen molar-refractivity contribution in [2.45, 2.75) is 6.92 Å². The molecular formula is C6H9O3Si. The first kappa shape index (κ1) is 9.39. The van der Waals surface area contributed by atoms with Gasteiger partial charge in [0.15, 0.2) is 0 Å². The average Bonchev–Trinajstić information content (AvgIpc) is 1.89. The van der Waals surface area contributed by atoms with Crippen LogP contribution in [0.3, 0.4) is 0 Å². The lowest BCUT2D eigenvalue weighted by Gasteiger charge is -1.98. The maximum absolute atomic E-state index is 10.5. The summed E-state index contributed by atoms with van der Waals surface area (Å²) in [4.78, 5) is 10.5. The molecule has 0 saturated heterocycles. The zero-order valence-electron chi connectivity index (χ0n) is 5.79. The molecule has 0 saturated carbocycles. The van der Waals surface area contributed by atoms with Crippen LogP contribution in [0.5, 0.6) is 0 Å². The van der Waals surface area contributed by atoms with Crippen LogP contribution in [0.15, 0.2) is 12.2 Å². The van der Waals surface area contributed by atoms with Crippen LogP contribution in [-0.4, -0.2) is 29.7 Å². The van der Waals surface area contributed by atoms with Gasteiger partial charge in [-0.25, -0.2) is 4.79 Å². The number of hydrogen-bond donors (Lipinski definition) is 0. The Kier molecular flexibility index (Phi) is 6.11. The van der Waals surface area contributed by atoms with Crippen LogP contribution in [-0.2, 0) is 14.0 Å². The highest BCUT2D eigenvalue weighted by Gasteiger charge is 1.92. The van der Waals surface area contributed by atoms with Crippen LogP contribution in [0, 0.1) is 0 Å². The molecule has 0 aliphatic carbocycles. The van der Waals surface area contributed by atoms with E-state index in [2.05, 4.69) is 19.6 Å². The maximum atomic E-state index is 10.5. The van der Waals surface area contributed by atoms with E-state index < -0.39 is 0 Å². The molecule has 0 aliphatic rings. The second kappa shape index (κ2) is 6.51. The van der Waals surface area contributed by atoms with E-state index in [4.69, 9.17) is 0 Å². The number of hydrogen-bond acceptors (Lipinski definition) is 3. The van der Waals surface area contributed by atoms with Crippen molar-refractivity contribution in [3.63, 3.8) is 0 Å². The van der Waals surface area contributed by atoms with E-state index in [9.17, 15) is 4.79 Å². The molecule has 55 valence electrons. The molecule has 0 spiro atoms. The van der Waals surface area contributed by atoms with Gasteiger partial charge in [-0.3, -0.25) is 0 Å². The Bertz CT molecular complexity index is 122. The summed E-state index contributed by atoms with van der Waals surface area (Å²) in [6, 6.07) is 0. The Hall–Kier alpha value is -0.613. The molecule has 0 aromatic heterocycles. The Balaban J connectivity index is 3.22. The van der Waals surface area contributed by atoms with Crippen LogP contribution in [0.1, 0.15) is 6.92 Å². The van der Waals surface area contributed by atoms with Gasteiger partial charge in [0.2, 0.25) is 10.5 Å². The molecule has 10 heavy (non-hydrogen) atoms. The van der Waals surface area contributed by atoms with E-state index in [0.29, 0.717) is 6.61 Å². The lowest BCUT2D eigenvalue weighted by molar-refractivity contribution is -0.138. The largest absolute Gasteiger partial charge is 0.460 e. The molecule has 3 radical (unpaired) electrons. The molecule has 0 atom stereocenters. The minimum absolute atomic E-state index is 0.271. The van der Waals surface area contributed by atoms with Crippen molar-refractivity contribution in [3.05, 3.63) is 12.2 Å². The molecule has 0 amide bonds. The second-order valence-corrected chi connectivity index (χ2v) is 1.80. The monoisotopic (exact) mass is 157 g/mol. The number of carbonyl (C=O) groups is 1. The van der Waals surface area contributed by atoms with Gasteiger partial charge in [0, 0.05) is 6.08 Å². The van der Waals surface area contributed by atoms with E-state index in [-0.39, 0.29) is 12.6 Å². The summed E-state index contributed by atoms with van der Waals surface area (Å²) in [6.07, 6.45) is 2.98. The molecule has 3 nitrogen and oxygen atoms in total. The Labute approximate surface area is 63.6 Å². The van der Waals surface area contributed by atoms with Gasteiger partial charge in [-0.1, -0.05) is 6.08 Å². The van der Waals surface area contributed by atoms with Gasteiger partial charge in [0.25, 0.3) is 0 Å². The van der Waals surface area contributed by atoms with Crippen LogP contribution in [0.4, 0.5) is 0 Å². The number of rotatable bonds is 4. The van der Waals surface area contributed by atoms with E-state index >= 15 is 0 Å². The van der Waals surface area contributed by atoms with Crippen LogP contribution >= 0.6 is 0 Å². The quantitative estimate of drug-likeness (QED) is 0.253. The fraction of sp³-hybridized carbons (Fsp3) is 0.500. The summed E-state index contributed by atoms with van der Waals surface area (Å²) in [5.41, 5.74) is 0. The normalized spacial score (nSPS) is 10.2. The summed E-state index contributed by atoms with van der Waals surface area (Å²) < 4.78 is 9.12. The molecule has 4 heteroatoms. The minimum atomic E-state index is -0.341. The first-order valence-corrected chi connectivity index (χ1v) is 3.30. The van der Waals surface area contributed by atoms with Crippen molar-refractivity contribution < 1.29 is 14.0 Å². The predicted molar refractivity (Wildman–Crippen MR) is 37.5 cm³/mol. The summed E-state index contributed by atoms with van der Waals surface area (Å²) in [6.45, 7) is 2.38. The molecule has 0 aromatic carbocycles. The first-order chi connectivity index (χ1) is 4.81. The highest BCUT2D eigenvalue weighted by molar-refractivity contribution is 5.97. The highest BCUT2D eigenvalue weighted by atomic mass is 28.2. The lowest BCUT2D eigenvalue weighted by atomic mass is 10.5. The van der Waals surface area contributed by atoms with Crippen molar-refractivity contribution >= 4 is 16.5 Å². The van der Waals surface area contributed by atoms with E-state index in [1.54, 1.807) is 13.0 Å². The number of esters is 1. The second-order valence-electron chi connectivity index (χ2n) is 1.52. The summed E-state index contributed by atoms with van der Waals surface area (Å²) >= 11 is 0. The zero-order chi connectivity index (χ0) is 7.82. The average molecular weight is 157 g/mol. The van der Waals surface area contributed by atoms with Gasteiger partial charge in [0.1, 0.15) is 6.61 Å². The van der Waals surface area contributed by atoms with Crippen molar-refractivity contribution in [2.24, 2.45) is 0 Å². The fourth-order valence-electron chi connectivity index (χ4n) is 0.368. The topological polar surface area (TPSA) is 35.5 Å². The summed E-state index contributed by atoms with van der Waals surface area (Å²) in [5, 5.41) is 0. The third-order valence-corrected chi connectivity index (χ3v) is 0.937. The van der Waals surface area contributed by atoms with Gasteiger partial charge in [0.05, 0.1) is 6.61 Å². The molecule has 0 unspecified atom stereocenters. The standard InChI is InChI=1S/C6H9O3Si/c1-2-3-6(7)8-4-5-9-10/h2-3H,4-5H2,1H3. The lowest BCUT2D eigenvalue weighted by Crippen LogP contribution is -2.06. The third kappa shape index (κ3) is 5.52. The van der Waals surface area contributed by atoms with Crippen molar-refractivity contribution in [1.29, 1.82) is 0 Å².